The van der Waals surface area contributed by atoms with E-state index in [1.54, 1.807) is 0 Å². The first kappa shape index (κ1) is 17.0. The van der Waals surface area contributed by atoms with Gasteiger partial charge in [-0.05, 0) is 23.6 Å². The molecular weight excluding hydrogens is 352 g/mol. The summed E-state index contributed by atoms with van der Waals surface area (Å²) in [5.74, 6) is 0.759. The number of hydrogen-bond donors (Lipinski definition) is 2. The highest BCUT2D eigenvalue weighted by atomic mass is 16.5. The summed E-state index contributed by atoms with van der Waals surface area (Å²) in [6.07, 6.45) is 0.762. The number of aromatic nitrogens is 2. The predicted molar refractivity (Wildman–Crippen MR) is 106 cm³/mol. The van der Waals surface area contributed by atoms with Gasteiger partial charge in [0.25, 0.3) is 5.91 Å². The number of amides is 1. The molecule has 2 N–H and O–H groups in total. The Morgan fingerprint density at radius 1 is 1.14 bits per heavy atom. The van der Waals surface area contributed by atoms with Crippen LogP contribution in [-0.2, 0) is 19.5 Å². The van der Waals surface area contributed by atoms with Crippen LogP contribution in [0.2, 0.25) is 0 Å². The first-order valence-corrected chi connectivity index (χ1v) is 9.67. The molecule has 0 saturated carbocycles. The van der Waals surface area contributed by atoms with Crippen molar-refractivity contribution in [2.75, 3.05) is 13.2 Å². The molecule has 0 aliphatic carbocycles. The number of fused-ring (bicyclic) bond motifs is 2. The molecule has 142 valence electrons. The zero-order valence-electron chi connectivity index (χ0n) is 15.5. The van der Waals surface area contributed by atoms with E-state index in [0.717, 1.165) is 47.6 Å². The van der Waals surface area contributed by atoms with Crippen molar-refractivity contribution in [2.24, 2.45) is 0 Å². The quantitative estimate of drug-likeness (QED) is 0.739. The van der Waals surface area contributed by atoms with Crippen LogP contribution in [0.5, 0.6) is 5.75 Å². The van der Waals surface area contributed by atoms with E-state index in [2.05, 4.69) is 15.7 Å². The highest BCUT2D eigenvalue weighted by Gasteiger charge is 2.28. The standard InChI is InChI=1S/C22H22N4O2/c27-22(24-17-12-16-8-4-5-9-19(16)28-14-17)21-20(15-6-2-1-3-7-15)18-13-23-10-11-26(18)25-21/h1-9,17,23H,10-14H2,(H,24,27)/t17-/m1/s1. The Morgan fingerprint density at radius 3 is 2.86 bits per heavy atom. The van der Waals surface area contributed by atoms with Gasteiger partial charge in [-0.2, -0.15) is 5.10 Å². The van der Waals surface area contributed by atoms with Gasteiger partial charge in [0.1, 0.15) is 12.4 Å². The lowest BCUT2D eigenvalue weighted by atomic mass is 10.0. The summed E-state index contributed by atoms with van der Waals surface area (Å²) in [6, 6.07) is 17.9. The minimum atomic E-state index is -0.145. The second-order valence-electron chi connectivity index (χ2n) is 7.23. The average Bonchev–Trinajstić information content (AvgIpc) is 3.14. The number of rotatable bonds is 3. The summed E-state index contributed by atoms with van der Waals surface area (Å²) < 4.78 is 7.78. The summed E-state index contributed by atoms with van der Waals surface area (Å²) in [5, 5.41) is 11.2. The third-order valence-corrected chi connectivity index (χ3v) is 5.34. The molecule has 0 spiro atoms. The Bertz CT molecular complexity index is 1010. The van der Waals surface area contributed by atoms with Crippen molar-refractivity contribution in [1.82, 2.24) is 20.4 Å². The maximum Gasteiger partial charge on any atom is 0.272 e. The zero-order chi connectivity index (χ0) is 18.9. The van der Waals surface area contributed by atoms with Crippen molar-refractivity contribution in [1.29, 1.82) is 0 Å². The zero-order valence-corrected chi connectivity index (χ0v) is 15.5. The van der Waals surface area contributed by atoms with Gasteiger partial charge in [-0.1, -0.05) is 48.5 Å². The molecular formula is C22H22N4O2. The van der Waals surface area contributed by atoms with E-state index in [9.17, 15) is 4.79 Å². The van der Waals surface area contributed by atoms with Crippen molar-refractivity contribution in [3.05, 3.63) is 71.5 Å². The van der Waals surface area contributed by atoms with Crippen molar-refractivity contribution in [2.45, 2.75) is 25.6 Å². The lowest BCUT2D eigenvalue weighted by molar-refractivity contribution is 0.0910. The Labute approximate surface area is 163 Å². The molecule has 3 heterocycles. The van der Waals surface area contributed by atoms with Crippen molar-refractivity contribution in [3.8, 4) is 16.9 Å². The summed E-state index contributed by atoms with van der Waals surface area (Å²) >= 11 is 0. The van der Waals surface area contributed by atoms with Gasteiger partial charge in [-0.15, -0.1) is 0 Å². The SMILES string of the molecule is O=C(N[C@H]1COc2ccccc2C1)c1nn2c(c1-c1ccccc1)CNCC2. The number of ether oxygens (including phenoxy) is 1. The maximum atomic E-state index is 13.2. The topological polar surface area (TPSA) is 68.2 Å². The van der Waals surface area contributed by atoms with Crippen molar-refractivity contribution in [3.63, 3.8) is 0 Å². The number of carbonyl (C=O) groups is 1. The molecule has 5 rings (SSSR count). The molecule has 2 aromatic carbocycles. The van der Waals surface area contributed by atoms with E-state index in [-0.39, 0.29) is 11.9 Å². The van der Waals surface area contributed by atoms with Gasteiger partial charge in [0, 0.05) is 18.7 Å². The summed E-state index contributed by atoms with van der Waals surface area (Å²) in [6.45, 7) is 2.81. The highest BCUT2D eigenvalue weighted by Crippen LogP contribution is 2.29. The van der Waals surface area contributed by atoms with Gasteiger partial charge in [-0.25, -0.2) is 0 Å². The molecule has 28 heavy (non-hydrogen) atoms. The van der Waals surface area contributed by atoms with Crippen LogP contribution in [0.15, 0.2) is 54.6 Å². The van der Waals surface area contributed by atoms with Crippen LogP contribution in [0.25, 0.3) is 11.1 Å². The molecule has 0 fully saturated rings. The smallest absolute Gasteiger partial charge is 0.272 e. The first-order valence-electron chi connectivity index (χ1n) is 9.67. The molecule has 1 amide bonds. The minimum Gasteiger partial charge on any atom is -0.491 e. The van der Waals surface area contributed by atoms with Crippen molar-refractivity contribution >= 4 is 5.91 Å². The Hall–Kier alpha value is -3.12. The molecule has 0 saturated heterocycles. The largest absolute Gasteiger partial charge is 0.491 e. The van der Waals surface area contributed by atoms with Crippen LogP contribution >= 0.6 is 0 Å². The first-order chi connectivity index (χ1) is 13.8. The second kappa shape index (κ2) is 7.13. The molecule has 1 aromatic heterocycles. The van der Waals surface area contributed by atoms with Crippen LogP contribution in [0.1, 0.15) is 21.7 Å². The van der Waals surface area contributed by atoms with E-state index in [1.165, 1.54) is 0 Å². The maximum absolute atomic E-state index is 13.2. The second-order valence-corrected chi connectivity index (χ2v) is 7.23. The van der Waals surface area contributed by atoms with Crippen LogP contribution < -0.4 is 15.4 Å². The van der Waals surface area contributed by atoms with Gasteiger partial charge in [0.2, 0.25) is 0 Å². The van der Waals surface area contributed by atoms with E-state index in [1.807, 2.05) is 59.3 Å². The van der Waals surface area contributed by atoms with E-state index in [0.29, 0.717) is 18.8 Å². The van der Waals surface area contributed by atoms with Crippen molar-refractivity contribution < 1.29 is 9.53 Å². The number of para-hydroxylation sites is 1. The Morgan fingerprint density at radius 2 is 1.96 bits per heavy atom. The molecule has 2 aliphatic heterocycles. The highest BCUT2D eigenvalue weighted by molar-refractivity contribution is 6.00. The third kappa shape index (κ3) is 3.05. The molecule has 6 heteroatoms. The fourth-order valence-corrected chi connectivity index (χ4v) is 3.99. The lowest BCUT2D eigenvalue weighted by Crippen LogP contribution is -2.43. The molecule has 3 aromatic rings. The monoisotopic (exact) mass is 374 g/mol. The molecule has 6 nitrogen and oxygen atoms in total. The lowest BCUT2D eigenvalue weighted by Gasteiger charge is -2.25. The Balaban J connectivity index is 1.45. The van der Waals surface area contributed by atoms with Gasteiger partial charge in [-0.3, -0.25) is 9.48 Å². The summed E-state index contributed by atoms with van der Waals surface area (Å²) in [4.78, 5) is 13.2. The number of carbonyl (C=O) groups excluding carboxylic acids is 1. The van der Waals surface area contributed by atoms with Crippen LogP contribution in [0.3, 0.4) is 0 Å². The number of nitrogens with one attached hydrogen (secondary N) is 2. The van der Waals surface area contributed by atoms with E-state index in [4.69, 9.17) is 4.74 Å². The summed E-state index contributed by atoms with van der Waals surface area (Å²) in [7, 11) is 0. The number of hydrogen-bond acceptors (Lipinski definition) is 4. The van der Waals surface area contributed by atoms with Crippen LogP contribution in [0.4, 0.5) is 0 Å². The van der Waals surface area contributed by atoms with E-state index < -0.39 is 0 Å². The van der Waals surface area contributed by atoms with E-state index >= 15 is 0 Å². The summed E-state index contributed by atoms with van der Waals surface area (Å²) in [5.41, 5.74) is 4.61. The number of benzene rings is 2. The molecule has 2 aliphatic rings. The van der Waals surface area contributed by atoms with Gasteiger partial charge >= 0.3 is 0 Å². The average molecular weight is 374 g/mol. The Kier molecular flexibility index (Phi) is 4.33. The molecule has 0 bridgehead atoms. The molecule has 0 unspecified atom stereocenters. The molecule has 1 atom stereocenters. The van der Waals surface area contributed by atoms with Crippen LogP contribution in [-0.4, -0.2) is 34.9 Å². The fraction of sp³-hybridized carbons (Fsp3) is 0.273. The minimum absolute atomic E-state index is 0.0668. The normalized spacial score (nSPS) is 17.9. The fourth-order valence-electron chi connectivity index (χ4n) is 3.99. The van der Waals surface area contributed by atoms with Gasteiger partial charge in [0.05, 0.1) is 18.3 Å². The van der Waals surface area contributed by atoms with Gasteiger partial charge in [0.15, 0.2) is 5.69 Å². The molecule has 0 radical (unpaired) electrons. The van der Waals surface area contributed by atoms with Crippen LogP contribution in [0, 0.1) is 0 Å². The number of nitrogens with zero attached hydrogens (tertiary/aromatic N) is 2. The third-order valence-electron chi connectivity index (χ3n) is 5.34. The predicted octanol–water partition coefficient (Wildman–Crippen LogP) is 2.39. The van der Waals surface area contributed by atoms with Gasteiger partial charge < -0.3 is 15.4 Å².